The Morgan fingerprint density at radius 2 is 1.95 bits per heavy atom. The van der Waals surface area contributed by atoms with Crippen LogP contribution in [0.25, 0.3) is 5.65 Å². The molecule has 2 aromatic heterocycles. The Morgan fingerprint density at radius 1 is 1.25 bits per heavy atom. The third-order valence-corrected chi connectivity index (χ3v) is 4.34. The summed E-state index contributed by atoms with van der Waals surface area (Å²) in [5, 5.41) is 0. The minimum Gasteiger partial charge on any atom is -0.332 e. The standard InChI is InChI=1S/C16H21N3O/c1-11-6-5-9-15-17-14(10-18(11)15)16(20)19-12(2)7-4-8-13(19)3/h5-6,9-10,12-13H,4,7-8H2,1-3H3. The molecule has 0 aliphatic carbocycles. The van der Waals surface area contributed by atoms with Gasteiger partial charge >= 0.3 is 0 Å². The average Bonchev–Trinajstić information content (AvgIpc) is 2.84. The van der Waals surface area contributed by atoms with Crippen molar-refractivity contribution in [3.63, 3.8) is 0 Å². The van der Waals surface area contributed by atoms with Gasteiger partial charge in [0.1, 0.15) is 11.3 Å². The molecule has 2 unspecified atom stereocenters. The van der Waals surface area contributed by atoms with E-state index in [2.05, 4.69) is 18.8 Å². The van der Waals surface area contributed by atoms with Gasteiger partial charge in [-0.25, -0.2) is 4.98 Å². The van der Waals surface area contributed by atoms with Gasteiger partial charge < -0.3 is 9.30 Å². The minimum absolute atomic E-state index is 0.0628. The number of aromatic nitrogens is 2. The van der Waals surface area contributed by atoms with Crippen molar-refractivity contribution in [3.8, 4) is 0 Å². The summed E-state index contributed by atoms with van der Waals surface area (Å²) in [6.07, 6.45) is 5.24. The number of carbonyl (C=O) groups is 1. The molecule has 1 amide bonds. The number of aryl methyl sites for hydroxylation is 1. The number of nitrogens with zero attached hydrogens (tertiary/aromatic N) is 3. The van der Waals surface area contributed by atoms with Crippen molar-refractivity contribution in [2.75, 3.05) is 0 Å². The summed E-state index contributed by atoms with van der Waals surface area (Å²) in [7, 11) is 0. The first-order valence-corrected chi connectivity index (χ1v) is 7.35. The van der Waals surface area contributed by atoms with Crippen molar-refractivity contribution in [2.45, 2.75) is 52.1 Å². The smallest absolute Gasteiger partial charge is 0.274 e. The molecular formula is C16H21N3O. The summed E-state index contributed by atoms with van der Waals surface area (Å²) < 4.78 is 1.98. The van der Waals surface area contributed by atoms with Crippen LogP contribution in [0.15, 0.2) is 24.4 Å². The van der Waals surface area contributed by atoms with E-state index < -0.39 is 0 Å². The molecule has 0 N–H and O–H groups in total. The van der Waals surface area contributed by atoms with Crippen molar-refractivity contribution in [1.82, 2.24) is 14.3 Å². The first-order valence-electron chi connectivity index (χ1n) is 7.35. The van der Waals surface area contributed by atoms with E-state index in [1.807, 2.05) is 40.6 Å². The number of amides is 1. The molecule has 0 saturated carbocycles. The lowest BCUT2D eigenvalue weighted by atomic mass is 9.97. The fourth-order valence-electron chi connectivity index (χ4n) is 3.21. The van der Waals surface area contributed by atoms with Crippen LogP contribution in [0.4, 0.5) is 0 Å². The normalized spacial score (nSPS) is 23.2. The van der Waals surface area contributed by atoms with Gasteiger partial charge in [0.15, 0.2) is 0 Å². The summed E-state index contributed by atoms with van der Waals surface area (Å²) in [5.41, 5.74) is 2.49. The van der Waals surface area contributed by atoms with E-state index in [4.69, 9.17) is 0 Å². The van der Waals surface area contributed by atoms with Gasteiger partial charge in [0.2, 0.25) is 0 Å². The second-order valence-corrected chi connectivity index (χ2v) is 5.86. The molecule has 0 aromatic carbocycles. The highest BCUT2D eigenvalue weighted by molar-refractivity contribution is 5.93. The Kier molecular flexibility index (Phi) is 3.24. The molecule has 2 atom stereocenters. The third kappa shape index (κ3) is 2.09. The molecule has 4 nitrogen and oxygen atoms in total. The maximum atomic E-state index is 12.8. The Morgan fingerprint density at radius 3 is 2.60 bits per heavy atom. The van der Waals surface area contributed by atoms with E-state index in [1.165, 1.54) is 6.42 Å². The first kappa shape index (κ1) is 13.2. The van der Waals surface area contributed by atoms with Crippen LogP contribution in [-0.4, -0.2) is 32.3 Å². The fourth-order valence-corrected chi connectivity index (χ4v) is 3.21. The van der Waals surface area contributed by atoms with Crippen LogP contribution in [0.3, 0.4) is 0 Å². The lowest BCUT2D eigenvalue weighted by Crippen LogP contribution is -2.47. The molecule has 4 heteroatoms. The lowest BCUT2D eigenvalue weighted by molar-refractivity contribution is 0.0505. The Bertz CT molecular complexity index is 636. The quantitative estimate of drug-likeness (QED) is 0.799. The van der Waals surface area contributed by atoms with E-state index in [0.29, 0.717) is 17.8 Å². The number of rotatable bonds is 1. The second kappa shape index (κ2) is 4.93. The molecule has 1 aliphatic heterocycles. The fraction of sp³-hybridized carbons (Fsp3) is 0.500. The Hall–Kier alpha value is -1.84. The van der Waals surface area contributed by atoms with Gasteiger partial charge in [-0.1, -0.05) is 6.07 Å². The second-order valence-electron chi connectivity index (χ2n) is 5.86. The van der Waals surface area contributed by atoms with Crippen molar-refractivity contribution in [2.24, 2.45) is 0 Å². The van der Waals surface area contributed by atoms with Gasteiger partial charge in [-0.2, -0.15) is 0 Å². The molecule has 1 fully saturated rings. The monoisotopic (exact) mass is 271 g/mol. The van der Waals surface area contributed by atoms with Crippen molar-refractivity contribution >= 4 is 11.6 Å². The number of piperidine rings is 1. The molecule has 0 radical (unpaired) electrons. The van der Waals surface area contributed by atoms with Gasteiger partial charge in [-0.15, -0.1) is 0 Å². The molecule has 2 aromatic rings. The van der Waals surface area contributed by atoms with Crippen molar-refractivity contribution in [1.29, 1.82) is 0 Å². The third-order valence-electron chi connectivity index (χ3n) is 4.34. The van der Waals surface area contributed by atoms with E-state index in [0.717, 1.165) is 24.2 Å². The summed E-state index contributed by atoms with van der Waals surface area (Å²) in [5.74, 6) is 0.0628. The largest absolute Gasteiger partial charge is 0.332 e. The first-order chi connectivity index (χ1) is 9.58. The van der Waals surface area contributed by atoms with Gasteiger partial charge in [0, 0.05) is 24.0 Å². The Labute approximate surface area is 119 Å². The number of hydrogen-bond donors (Lipinski definition) is 0. The van der Waals surface area contributed by atoms with Gasteiger partial charge in [0.05, 0.1) is 0 Å². The number of carbonyl (C=O) groups excluding carboxylic acids is 1. The predicted octanol–water partition coefficient (Wildman–Crippen LogP) is 3.05. The van der Waals surface area contributed by atoms with Crippen LogP contribution in [0.5, 0.6) is 0 Å². The van der Waals surface area contributed by atoms with Gasteiger partial charge in [-0.05, 0) is 52.2 Å². The van der Waals surface area contributed by atoms with E-state index in [-0.39, 0.29) is 5.91 Å². The van der Waals surface area contributed by atoms with E-state index in [9.17, 15) is 4.79 Å². The minimum atomic E-state index is 0.0628. The van der Waals surface area contributed by atoms with Gasteiger partial charge in [0.25, 0.3) is 5.91 Å². The lowest BCUT2D eigenvalue weighted by Gasteiger charge is -2.38. The topological polar surface area (TPSA) is 37.6 Å². The zero-order valence-corrected chi connectivity index (χ0v) is 12.3. The molecule has 106 valence electrons. The highest BCUT2D eigenvalue weighted by Gasteiger charge is 2.30. The number of pyridine rings is 1. The van der Waals surface area contributed by atoms with Crippen molar-refractivity contribution < 1.29 is 4.79 Å². The van der Waals surface area contributed by atoms with Gasteiger partial charge in [-0.3, -0.25) is 4.79 Å². The molecule has 0 spiro atoms. The van der Waals surface area contributed by atoms with Crippen LogP contribution in [0, 0.1) is 6.92 Å². The molecule has 1 aliphatic rings. The summed E-state index contributed by atoms with van der Waals surface area (Å²) >= 11 is 0. The highest BCUT2D eigenvalue weighted by atomic mass is 16.2. The van der Waals surface area contributed by atoms with Crippen LogP contribution in [-0.2, 0) is 0 Å². The predicted molar refractivity (Wildman–Crippen MR) is 78.9 cm³/mol. The molecule has 0 bridgehead atoms. The zero-order valence-electron chi connectivity index (χ0n) is 12.3. The summed E-state index contributed by atoms with van der Waals surface area (Å²) in [4.78, 5) is 19.2. The number of hydrogen-bond acceptors (Lipinski definition) is 2. The SMILES string of the molecule is Cc1cccc2nc(C(=O)N3C(C)CCCC3C)cn12. The average molecular weight is 271 g/mol. The number of fused-ring (bicyclic) bond motifs is 1. The highest BCUT2D eigenvalue weighted by Crippen LogP contribution is 2.24. The van der Waals surface area contributed by atoms with E-state index in [1.54, 1.807) is 0 Å². The molecular weight excluding hydrogens is 250 g/mol. The zero-order chi connectivity index (χ0) is 14.3. The maximum Gasteiger partial charge on any atom is 0.274 e. The molecule has 3 rings (SSSR count). The maximum absolute atomic E-state index is 12.8. The number of imidazole rings is 1. The van der Waals surface area contributed by atoms with Crippen LogP contribution < -0.4 is 0 Å². The van der Waals surface area contributed by atoms with Crippen LogP contribution >= 0.6 is 0 Å². The molecule has 20 heavy (non-hydrogen) atoms. The van der Waals surface area contributed by atoms with Crippen LogP contribution in [0.2, 0.25) is 0 Å². The number of likely N-dealkylation sites (tertiary alicyclic amines) is 1. The van der Waals surface area contributed by atoms with E-state index >= 15 is 0 Å². The summed E-state index contributed by atoms with van der Waals surface area (Å²) in [6.45, 7) is 6.29. The molecule has 3 heterocycles. The summed E-state index contributed by atoms with van der Waals surface area (Å²) in [6, 6.07) is 6.54. The van der Waals surface area contributed by atoms with Crippen molar-refractivity contribution in [3.05, 3.63) is 35.8 Å². The molecule has 1 saturated heterocycles. The Balaban J connectivity index is 1.97. The van der Waals surface area contributed by atoms with Crippen LogP contribution in [0.1, 0.15) is 49.3 Å².